The molecule has 0 aliphatic heterocycles. The summed E-state index contributed by atoms with van der Waals surface area (Å²) in [4.78, 5) is 0. The standard InChI is InChI=1S/C20H17N/c1-3-11-17-15(7-1)9-5-13-19(17)21-20-14-6-10-16-8-2-4-12-18(16)20/h1-3,5-11,13-14,21H,4,12H2. The van der Waals surface area contributed by atoms with Crippen molar-refractivity contribution in [1.29, 1.82) is 0 Å². The lowest BCUT2D eigenvalue weighted by atomic mass is 9.95. The van der Waals surface area contributed by atoms with Crippen LogP contribution in [0.3, 0.4) is 0 Å². The van der Waals surface area contributed by atoms with Crippen molar-refractivity contribution in [3.8, 4) is 0 Å². The van der Waals surface area contributed by atoms with Crippen molar-refractivity contribution in [3.05, 3.63) is 77.9 Å². The van der Waals surface area contributed by atoms with Gasteiger partial charge in [0.2, 0.25) is 0 Å². The second-order valence-corrected chi connectivity index (χ2v) is 5.47. The summed E-state index contributed by atoms with van der Waals surface area (Å²) < 4.78 is 0. The number of fused-ring (bicyclic) bond motifs is 2. The lowest BCUT2D eigenvalue weighted by Crippen LogP contribution is -2.01. The van der Waals surface area contributed by atoms with Crippen molar-refractivity contribution in [3.63, 3.8) is 0 Å². The third-order valence-corrected chi connectivity index (χ3v) is 4.13. The van der Waals surface area contributed by atoms with E-state index in [4.69, 9.17) is 0 Å². The molecule has 1 heteroatoms. The van der Waals surface area contributed by atoms with Gasteiger partial charge in [0, 0.05) is 16.8 Å². The van der Waals surface area contributed by atoms with Crippen LogP contribution in [0.2, 0.25) is 0 Å². The van der Waals surface area contributed by atoms with Gasteiger partial charge in [-0.15, -0.1) is 0 Å². The molecule has 1 aliphatic rings. The molecule has 1 nitrogen and oxygen atoms in total. The molecule has 3 aromatic rings. The van der Waals surface area contributed by atoms with Gasteiger partial charge < -0.3 is 5.32 Å². The number of anilines is 2. The van der Waals surface area contributed by atoms with Crippen LogP contribution in [-0.2, 0) is 6.42 Å². The predicted octanol–water partition coefficient (Wildman–Crippen LogP) is 5.54. The lowest BCUT2D eigenvalue weighted by Gasteiger charge is -2.18. The van der Waals surface area contributed by atoms with Crippen molar-refractivity contribution >= 4 is 28.2 Å². The fourth-order valence-electron chi connectivity index (χ4n) is 3.07. The third-order valence-electron chi connectivity index (χ3n) is 4.13. The minimum atomic E-state index is 1.11. The van der Waals surface area contributed by atoms with Crippen molar-refractivity contribution in [1.82, 2.24) is 0 Å². The molecule has 1 N–H and O–H groups in total. The Morgan fingerprint density at radius 1 is 0.762 bits per heavy atom. The largest absolute Gasteiger partial charge is 0.355 e. The minimum absolute atomic E-state index is 1.11. The number of benzene rings is 3. The maximum absolute atomic E-state index is 3.64. The molecule has 102 valence electrons. The first-order chi connectivity index (χ1) is 10.4. The lowest BCUT2D eigenvalue weighted by molar-refractivity contribution is 0.988. The molecule has 3 aromatic carbocycles. The smallest absolute Gasteiger partial charge is 0.0463 e. The Bertz CT molecular complexity index is 825. The van der Waals surface area contributed by atoms with E-state index in [2.05, 4.69) is 78.1 Å². The van der Waals surface area contributed by atoms with Crippen LogP contribution < -0.4 is 5.32 Å². The topological polar surface area (TPSA) is 12.0 Å². The van der Waals surface area contributed by atoms with Crippen LogP contribution >= 0.6 is 0 Å². The Hall–Kier alpha value is -2.54. The molecule has 0 unspecified atom stereocenters. The quantitative estimate of drug-likeness (QED) is 0.645. The predicted molar refractivity (Wildman–Crippen MR) is 91.0 cm³/mol. The molecule has 0 radical (unpaired) electrons. The number of rotatable bonds is 2. The Morgan fingerprint density at radius 2 is 1.57 bits per heavy atom. The third kappa shape index (κ3) is 2.21. The van der Waals surface area contributed by atoms with Gasteiger partial charge in [-0.2, -0.15) is 0 Å². The van der Waals surface area contributed by atoms with Crippen LogP contribution in [0.4, 0.5) is 11.4 Å². The van der Waals surface area contributed by atoms with Gasteiger partial charge in [-0.3, -0.25) is 0 Å². The van der Waals surface area contributed by atoms with Gasteiger partial charge >= 0.3 is 0 Å². The van der Waals surface area contributed by atoms with Crippen LogP contribution in [0, 0.1) is 0 Å². The molecule has 0 saturated heterocycles. The van der Waals surface area contributed by atoms with Crippen LogP contribution in [0.1, 0.15) is 17.5 Å². The molecule has 0 fully saturated rings. The first kappa shape index (κ1) is 12.2. The Kier molecular flexibility index (Phi) is 2.97. The van der Waals surface area contributed by atoms with Gasteiger partial charge in [0.25, 0.3) is 0 Å². The van der Waals surface area contributed by atoms with Crippen LogP contribution in [0.25, 0.3) is 16.8 Å². The Morgan fingerprint density at radius 3 is 2.57 bits per heavy atom. The van der Waals surface area contributed by atoms with Crippen LogP contribution in [-0.4, -0.2) is 0 Å². The van der Waals surface area contributed by atoms with Gasteiger partial charge in [0.05, 0.1) is 0 Å². The molecule has 0 saturated carbocycles. The Labute approximate surface area is 124 Å². The highest BCUT2D eigenvalue weighted by atomic mass is 14.9. The summed E-state index contributed by atoms with van der Waals surface area (Å²) >= 11 is 0. The molecule has 21 heavy (non-hydrogen) atoms. The monoisotopic (exact) mass is 271 g/mol. The highest BCUT2D eigenvalue weighted by Gasteiger charge is 2.10. The van der Waals surface area contributed by atoms with E-state index in [1.807, 2.05) is 0 Å². The molecule has 0 bridgehead atoms. The maximum atomic E-state index is 3.64. The van der Waals surface area contributed by atoms with Crippen molar-refractivity contribution in [2.24, 2.45) is 0 Å². The molecule has 4 rings (SSSR count). The zero-order valence-electron chi connectivity index (χ0n) is 11.8. The second kappa shape index (κ2) is 5.10. The maximum Gasteiger partial charge on any atom is 0.0463 e. The van der Waals surface area contributed by atoms with Gasteiger partial charge in [0.15, 0.2) is 0 Å². The van der Waals surface area contributed by atoms with Gasteiger partial charge in [-0.1, -0.05) is 60.7 Å². The van der Waals surface area contributed by atoms with Gasteiger partial charge in [-0.25, -0.2) is 0 Å². The van der Waals surface area contributed by atoms with Crippen molar-refractivity contribution in [2.45, 2.75) is 12.8 Å². The van der Waals surface area contributed by atoms with E-state index in [-0.39, 0.29) is 0 Å². The molecular weight excluding hydrogens is 254 g/mol. The number of hydrogen-bond acceptors (Lipinski definition) is 1. The van der Waals surface area contributed by atoms with E-state index in [1.165, 1.54) is 33.3 Å². The summed E-state index contributed by atoms with van der Waals surface area (Å²) in [6.07, 6.45) is 6.72. The number of allylic oxidation sites excluding steroid dienone is 1. The second-order valence-electron chi connectivity index (χ2n) is 5.47. The van der Waals surface area contributed by atoms with E-state index in [1.54, 1.807) is 0 Å². The fourth-order valence-corrected chi connectivity index (χ4v) is 3.07. The molecule has 0 amide bonds. The van der Waals surface area contributed by atoms with Gasteiger partial charge in [-0.05, 0) is 41.5 Å². The summed E-state index contributed by atoms with van der Waals surface area (Å²) in [5.41, 5.74) is 5.17. The van der Waals surface area contributed by atoms with Crippen molar-refractivity contribution < 1.29 is 0 Å². The van der Waals surface area contributed by atoms with Crippen LogP contribution in [0.15, 0.2) is 66.7 Å². The summed E-state index contributed by atoms with van der Waals surface area (Å²) in [6.45, 7) is 0. The van der Waals surface area contributed by atoms with E-state index >= 15 is 0 Å². The molecule has 0 aromatic heterocycles. The number of hydrogen-bond donors (Lipinski definition) is 1. The summed E-state index contributed by atoms with van der Waals surface area (Å²) in [5, 5.41) is 6.18. The van der Waals surface area contributed by atoms with Gasteiger partial charge in [0.1, 0.15) is 0 Å². The molecule has 1 aliphatic carbocycles. The number of nitrogens with one attached hydrogen (secondary N) is 1. The van der Waals surface area contributed by atoms with E-state index in [9.17, 15) is 0 Å². The minimum Gasteiger partial charge on any atom is -0.355 e. The highest BCUT2D eigenvalue weighted by Crippen LogP contribution is 2.31. The van der Waals surface area contributed by atoms with Crippen molar-refractivity contribution in [2.75, 3.05) is 5.32 Å². The summed E-state index contributed by atoms with van der Waals surface area (Å²) in [7, 11) is 0. The van der Waals surface area contributed by atoms with E-state index in [0.29, 0.717) is 0 Å². The van der Waals surface area contributed by atoms with E-state index in [0.717, 1.165) is 12.8 Å². The van der Waals surface area contributed by atoms with Crippen LogP contribution in [0.5, 0.6) is 0 Å². The summed E-state index contributed by atoms with van der Waals surface area (Å²) in [6, 6.07) is 21.4. The SMILES string of the molecule is C1=Cc2cccc(Nc3cccc4ccccc34)c2CC1. The summed E-state index contributed by atoms with van der Waals surface area (Å²) in [5.74, 6) is 0. The fraction of sp³-hybridized carbons (Fsp3) is 0.100. The first-order valence-corrected chi connectivity index (χ1v) is 7.45. The highest BCUT2D eigenvalue weighted by molar-refractivity contribution is 5.95. The average Bonchev–Trinajstić information content (AvgIpc) is 2.56. The first-order valence-electron chi connectivity index (χ1n) is 7.45. The average molecular weight is 271 g/mol. The zero-order valence-corrected chi connectivity index (χ0v) is 11.8. The molecule has 0 heterocycles. The molecule has 0 spiro atoms. The molecular formula is C20H17N. The molecule has 0 atom stereocenters. The normalized spacial score (nSPS) is 13.1. The Balaban J connectivity index is 1.81. The van der Waals surface area contributed by atoms with E-state index < -0.39 is 0 Å². The zero-order chi connectivity index (χ0) is 14.1.